The molecule has 0 bridgehead atoms. The highest BCUT2D eigenvalue weighted by atomic mass is 28.4. The van der Waals surface area contributed by atoms with Gasteiger partial charge in [0, 0.05) is 17.8 Å². The van der Waals surface area contributed by atoms with Crippen molar-refractivity contribution in [3.63, 3.8) is 0 Å². The second kappa shape index (κ2) is 12.2. The Kier molecular flexibility index (Phi) is 9.95. The monoisotopic (exact) mass is 454 g/mol. The van der Waals surface area contributed by atoms with E-state index in [1.54, 1.807) is 0 Å². The van der Waals surface area contributed by atoms with Gasteiger partial charge in [0.2, 0.25) is 5.88 Å². The zero-order chi connectivity index (χ0) is 22.7. The third-order valence-corrected chi connectivity index (χ3v) is 11.3. The number of nitrogens with zero attached hydrogens (tertiary/aromatic N) is 2. The Labute approximate surface area is 190 Å². The van der Waals surface area contributed by atoms with Crippen LogP contribution in [0.1, 0.15) is 44.1 Å². The molecule has 1 aromatic heterocycles. The molecule has 1 aromatic carbocycles. The maximum absolute atomic E-state index is 8.89. The standard InChI is InChI=1S/C25H38N2O2Si2/c1-30(2,3)29-31(4,5)19-11-9-7-6-8-10-18-28-25-17-16-24(21-27-25)23-14-12-22(20-26)13-15-23/h12-17,21H,6-11,18-19H2,1-5H3. The van der Waals surface area contributed by atoms with E-state index in [4.69, 9.17) is 14.1 Å². The van der Waals surface area contributed by atoms with Gasteiger partial charge in [0.25, 0.3) is 0 Å². The summed E-state index contributed by atoms with van der Waals surface area (Å²) in [6, 6.07) is 14.9. The van der Waals surface area contributed by atoms with Crippen molar-refractivity contribution >= 4 is 16.6 Å². The van der Waals surface area contributed by atoms with Crippen molar-refractivity contribution in [1.29, 1.82) is 5.26 Å². The van der Waals surface area contributed by atoms with Crippen molar-refractivity contribution in [2.24, 2.45) is 0 Å². The van der Waals surface area contributed by atoms with Crippen LogP contribution in [-0.4, -0.2) is 28.2 Å². The summed E-state index contributed by atoms with van der Waals surface area (Å²) in [5, 5.41) is 8.89. The van der Waals surface area contributed by atoms with Gasteiger partial charge in [-0.2, -0.15) is 5.26 Å². The molecule has 0 aliphatic rings. The Morgan fingerprint density at radius 1 is 0.806 bits per heavy atom. The van der Waals surface area contributed by atoms with E-state index in [1.165, 1.54) is 38.1 Å². The number of unbranched alkanes of at least 4 members (excludes halogenated alkanes) is 5. The fourth-order valence-corrected chi connectivity index (χ4v) is 11.9. The van der Waals surface area contributed by atoms with Crippen LogP contribution in [0.25, 0.3) is 11.1 Å². The molecule has 0 atom stereocenters. The zero-order valence-electron chi connectivity index (χ0n) is 19.9. The lowest BCUT2D eigenvalue weighted by Gasteiger charge is -2.31. The Morgan fingerprint density at radius 2 is 1.42 bits per heavy atom. The van der Waals surface area contributed by atoms with E-state index < -0.39 is 16.6 Å². The van der Waals surface area contributed by atoms with Gasteiger partial charge in [-0.1, -0.05) is 44.2 Å². The van der Waals surface area contributed by atoms with E-state index in [9.17, 15) is 0 Å². The maximum Gasteiger partial charge on any atom is 0.213 e. The molecule has 1 heterocycles. The lowest BCUT2D eigenvalue weighted by atomic mass is 10.1. The summed E-state index contributed by atoms with van der Waals surface area (Å²) in [6.45, 7) is 12.3. The lowest BCUT2D eigenvalue weighted by Crippen LogP contribution is -2.42. The first-order valence-electron chi connectivity index (χ1n) is 11.5. The molecule has 0 radical (unpaired) electrons. The van der Waals surface area contributed by atoms with Gasteiger partial charge in [0.15, 0.2) is 16.6 Å². The first-order chi connectivity index (χ1) is 14.7. The summed E-state index contributed by atoms with van der Waals surface area (Å²) >= 11 is 0. The van der Waals surface area contributed by atoms with Crippen LogP contribution < -0.4 is 4.74 Å². The zero-order valence-corrected chi connectivity index (χ0v) is 21.9. The predicted octanol–water partition coefficient (Wildman–Crippen LogP) is 7.40. The van der Waals surface area contributed by atoms with Crippen molar-refractivity contribution in [1.82, 2.24) is 4.98 Å². The highest BCUT2D eigenvalue weighted by Gasteiger charge is 2.28. The molecular weight excluding hydrogens is 416 g/mol. The smallest absolute Gasteiger partial charge is 0.213 e. The second-order valence-electron chi connectivity index (χ2n) is 9.77. The molecule has 6 heteroatoms. The largest absolute Gasteiger partial charge is 0.478 e. The van der Waals surface area contributed by atoms with Crippen molar-refractivity contribution in [3.8, 4) is 23.1 Å². The first-order valence-corrected chi connectivity index (χ1v) is 18.0. The molecule has 31 heavy (non-hydrogen) atoms. The minimum Gasteiger partial charge on any atom is -0.478 e. The fraction of sp³-hybridized carbons (Fsp3) is 0.520. The number of aromatic nitrogens is 1. The van der Waals surface area contributed by atoms with Crippen LogP contribution in [0, 0.1) is 11.3 Å². The molecule has 0 N–H and O–H groups in total. The SMILES string of the molecule is C[Si](C)(C)O[Si](C)(C)CCCCCCCCOc1ccc(-c2ccc(C#N)cc2)cn1. The Balaban J connectivity index is 1.56. The summed E-state index contributed by atoms with van der Waals surface area (Å²) in [4.78, 5) is 4.41. The molecule has 0 unspecified atom stereocenters. The van der Waals surface area contributed by atoms with Gasteiger partial charge in [0.1, 0.15) is 0 Å². The van der Waals surface area contributed by atoms with Crippen LogP contribution in [0.4, 0.5) is 0 Å². The van der Waals surface area contributed by atoms with Crippen LogP contribution in [0.15, 0.2) is 42.6 Å². The fourth-order valence-electron chi connectivity index (χ4n) is 3.79. The van der Waals surface area contributed by atoms with Gasteiger partial charge in [0.05, 0.1) is 18.2 Å². The number of hydrogen-bond acceptors (Lipinski definition) is 4. The van der Waals surface area contributed by atoms with E-state index in [1.807, 2.05) is 42.6 Å². The van der Waals surface area contributed by atoms with Crippen molar-refractivity contribution in [2.45, 2.75) is 77.3 Å². The van der Waals surface area contributed by atoms with Gasteiger partial charge < -0.3 is 8.85 Å². The Bertz CT molecular complexity index is 823. The summed E-state index contributed by atoms with van der Waals surface area (Å²) in [5.74, 6) is 0.673. The predicted molar refractivity (Wildman–Crippen MR) is 134 cm³/mol. The Hall–Kier alpha value is -1.95. The molecule has 0 amide bonds. The van der Waals surface area contributed by atoms with E-state index in [0.717, 1.165) is 17.5 Å². The van der Waals surface area contributed by atoms with Gasteiger partial charge in [-0.05, 0) is 69.0 Å². The number of pyridine rings is 1. The van der Waals surface area contributed by atoms with Gasteiger partial charge >= 0.3 is 0 Å². The highest BCUT2D eigenvalue weighted by molar-refractivity contribution is 6.84. The topological polar surface area (TPSA) is 55.1 Å². The third kappa shape index (κ3) is 10.3. The summed E-state index contributed by atoms with van der Waals surface area (Å²) in [6.07, 6.45) is 9.28. The molecular formula is C25H38N2O2Si2. The van der Waals surface area contributed by atoms with E-state index in [0.29, 0.717) is 18.1 Å². The minimum absolute atomic E-state index is 0.665. The highest BCUT2D eigenvalue weighted by Crippen LogP contribution is 2.22. The summed E-state index contributed by atoms with van der Waals surface area (Å²) < 4.78 is 12.2. The number of ether oxygens (including phenoxy) is 1. The number of hydrogen-bond donors (Lipinski definition) is 0. The van der Waals surface area contributed by atoms with E-state index in [-0.39, 0.29) is 0 Å². The van der Waals surface area contributed by atoms with Gasteiger partial charge in [-0.3, -0.25) is 0 Å². The molecule has 168 valence electrons. The molecule has 0 aliphatic heterocycles. The van der Waals surface area contributed by atoms with Crippen molar-refractivity contribution < 1.29 is 8.85 Å². The molecule has 0 aliphatic carbocycles. The molecule has 2 aromatic rings. The average molecular weight is 455 g/mol. The normalized spacial score (nSPS) is 11.9. The van der Waals surface area contributed by atoms with Crippen LogP contribution in [0.5, 0.6) is 5.88 Å². The second-order valence-corrected chi connectivity index (χ2v) is 18.8. The van der Waals surface area contributed by atoms with E-state index >= 15 is 0 Å². The maximum atomic E-state index is 8.89. The summed E-state index contributed by atoms with van der Waals surface area (Å²) in [5.41, 5.74) is 2.74. The average Bonchev–Trinajstić information content (AvgIpc) is 2.71. The van der Waals surface area contributed by atoms with Crippen LogP contribution in [-0.2, 0) is 4.12 Å². The lowest BCUT2D eigenvalue weighted by molar-refractivity contribution is 0.293. The minimum atomic E-state index is -1.47. The number of nitriles is 1. The first kappa shape index (κ1) is 25.3. The summed E-state index contributed by atoms with van der Waals surface area (Å²) in [7, 11) is -2.87. The quantitative estimate of drug-likeness (QED) is 0.234. The van der Waals surface area contributed by atoms with Crippen molar-refractivity contribution in [3.05, 3.63) is 48.2 Å². The van der Waals surface area contributed by atoms with Crippen LogP contribution >= 0.6 is 0 Å². The molecule has 2 rings (SSSR count). The number of benzene rings is 1. The van der Waals surface area contributed by atoms with Gasteiger partial charge in [-0.15, -0.1) is 0 Å². The Morgan fingerprint density at radius 3 is 2.00 bits per heavy atom. The number of rotatable bonds is 13. The molecule has 0 spiro atoms. The van der Waals surface area contributed by atoms with Crippen LogP contribution in [0.3, 0.4) is 0 Å². The van der Waals surface area contributed by atoms with E-state index in [2.05, 4.69) is 43.8 Å². The molecule has 0 saturated heterocycles. The van der Waals surface area contributed by atoms with Crippen LogP contribution in [0.2, 0.25) is 38.8 Å². The molecule has 0 saturated carbocycles. The van der Waals surface area contributed by atoms with Crippen molar-refractivity contribution in [2.75, 3.05) is 6.61 Å². The van der Waals surface area contributed by atoms with Gasteiger partial charge in [-0.25, -0.2) is 4.98 Å². The third-order valence-electron chi connectivity index (χ3n) is 5.09. The molecule has 4 nitrogen and oxygen atoms in total. The molecule has 0 fully saturated rings.